The standard InChI is InChI=1S/C10H20N2/c1-9-5-2-3-6-10-11-7-4-8-12(9)10/h9-11H,2-8H2,1H3. The first-order valence-corrected chi connectivity index (χ1v) is 5.37. The van der Waals surface area contributed by atoms with Crippen molar-refractivity contribution in [3.63, 3.8) is 0 Å². The lowest BCUT2D eigenvalue weighted by Crippen LogP contribution is -2.53. The van der Waals surface area contributed by atoms with Crippen molar-refractivity contribution in [1.82, 2.24) is 10.2 Å². The summed E-state index contributed by atoms with van der Waals surface area (Å²) in [7, 11) is 0. The lowest BCUT2D eigenvalue weighted by atomic mass is 10.1. The minimum absolute atomic E-state index is 0.705. The maximum Gasteiger partial charge on any atom is 0.0599 e. The van der Waals surface area contributed by atoms with Crippen LogP contribution in [-0.2, 0) is 0 Å². The third kappa shape index (κ3) is 1.64. The summed E-state index contributed by atoms with van der Waals surface area (Å²) in [5.74, 6) is 0. The van der Waals surface area contributed by atoms with Crippen LogP contribution in [0.1, 0.15) is 39.0 Å². The van der Waals surface area contributed by atoms with Gasteiger partial charge < -0.3 is 5.32 Å². The summed E-state index contributed by atoms with van der Waals surface area (Å²) in [5.41, 5.74) is 0. The summed E-state index contributed by atoms with van der Waals surface area (Å²) in [6.07, 6.45) is 7.65. The number of rotatable bonds is 0. The first-order chi connectivity index (χ1) is 5.88. The van der Waals surface area contributed by atoms with Crippen LogP contribution < -0.4 is 5.32 Å². The first-order valence-electron chi connectivity index (χ1n) is 5.37. The van der Waals surface area contributed by atoms with Crippen LogP contribution in [0.2, 0.25) is 0 Å². The Bertz CT molecular complexity index is 147. The van der Waals surface area contributed by atoms with Crippen molar-refractivity contribution in [2.75, 3.05) is 13.1 Å². The Balaban J connectivity index is 2.01. The van der Waals surface area contributed by atoms with Gasteiger partial charge in [0.2, 0.25) is 0 Å². The second-order valence-electron chi connectivity index (χ2n) is 4.19. The topological polar surface area (TPSA) is 15.3 Å². The number of nitrogens with zero attached hydrogens (tertiary/aromatic N) is 1. The number of fused-ring (bicyclic) bond motifs is 1. The molecule has 0 radical (unpaired) electrons. The maximum absolute atomic E-state index is 3.62. The second kappa shape index (κ2) is 3.75. The molecule has 2 saturated heterocycles. The molecule has 0 aromatic carbocycles. The Labute approximate surface area is 75.3 Å². The van der Waals surface area contributed by atoms with E-state index in [-0.39, 0.29) is 0 Å². The summed E-state index contributed by atoms with van der Waals surface area (Å²) in [5, 5.41) is 3.62. The van der Waals surface area contributed by atoms with Crippen molar-refractivity contribution < 1.29 is 0 Å². The van der Waals surface area contributed by atoms with Crippen molar-refractivity contribution in [1.29, 1.82) is 0 Å². The highest BCUT2D eigenvalue weighted by atomic mass is 15.3. The van der Waals surface area contributed by atoms with Crippen LogP contribution in [0.15, 0.2) is 0 Å². The maximum atomic E-state index is 3.62. The van der Waals surface area contributed by atoms with Gasteiger partial charge >= 0.3 is 0 Å². The van der Waals surface area contributed by atoms with E-state index in [0.29, 0.717) is 6.17 Å². The van der Waals surface area contributed by atoms with Gasteiger partial charge in [-0.3, -0.25) is 4.90 Å². The lowest BCUT2D eigenvalue weighted by molar-refractivity contribution is 0.0915. The molecular formula is C10H20N2. The van der Waals surface area contributed by atoms with Crippen LogP contribution >= 0.6 is 0 Å². The molecule has 2 unspecified atom stereocenters. The van der Waals surface area contributed by atoms with E-state index in [4.69, 9.17) is 0 Å². The lowest BCUT2D eigenvalue weighted by Gasteiger charge is -2.38. The Morgan fingerprint density at radius 1 is 1.17 bits per heavy atom. The van der Waals surface area contributed by atoms with E-state index in [2.05, 4.69) is 17.1 Å². The Morgan fingerprint density at radius 2 is 2.00 bits per heavy atom. The van der Waals surface area contributed by atoms with E-state index in [9.17, 15) is 0 Å². The first kappa shape index (κ1) is 8.52. The van der Waals surface area contributed by atoms with Gasteiger partial charge in [-0.25, -0.2) is 0 Å². The molecule has 0 saturated carbocycles. The zero-order valence-corrected chi connectivity index (χ0v) is 8.05. The molecule has 2 rings (SSSR count). The second-order valence-corrected chi connectivity index (χ2v) is 4.19. The molecule has 2 heteroatoms. The summed E-state index contributed by atoms with van der Waals surface area (Å²) in [6.45, 7) is 4.93. The van der Waals surface area contributed by atoms with Crippen LogP contribution in [0, 0.1) is 0 Å². The Kier molecular flexibility index (Phi) is 2.66. The van der Waals surface area contributed by atoms with Crippen molar-refractivity contribution >= 4 is 0 Å². The molecule has 0 bridgehead atoms. The van der Waals surface area contributed by atoms with Crippen molar-refractivity contribution in [2.45, 2.75) is 51.2 Å². The fourth-order valence-electron chi connectivity index (χ4n) is 2.54. The van der Waals surface area contributed by atoms with Gasteiger partial charge in [0.1, 0.15) is 0 Å². The van der Waals surface area contributed by atoms with E-state index in [1.165, 1.54) is 45.2 Å². The van der Waals surface area contributed by atoms with Crippen LogP contribution in [0.3, 0.4) is 0 Å². The minimum Gasteiger partial charge on any atom is -0.302 e. The van der Waals surface area contributed by atoms with Gasteiger partial charge in [0.25, 0.3) is 0 Å². The molecular weight excluding hydrogens is 148 g/mol. The van der Waals surface area contributed by atoms with E-state index in [1.54, 1.807) is 0 Å². The monoisotopic (exact) mass is 168 g/mol. The molecule has 0 amide bonds. The molecule has 2 aliphatic heterocycles. The van der Waals surface area contributed by atoms with E-state index in [1.807, 2.05) is 0 Å². The highest BCUT2D eigenvalue weighted by molar-refractivity contribution is 4.82. The molecule has 70 valence electrons. The molecule has 0 spiro atoms. The number of hydrogen-bond donors (Lipinski definition) is 1. The van der Waals surface area contributed by atoms with E-state index in [0.717, 1.165) is 6.04 Å². The quantitative estimate of drug-likeness (QED) is 0.590. The highest BCUT2D eigenvalue weighted by Crippen LogP contribution is 2.22. The Morgan fingerprint density at radius 3 is 2.92 bits per heavy atom. The average Bonchev–Trinajstić information content (AvgIpc) is 2.29. The summed E-state index contributed by atoms with van der Waals surface area (Å²) >= 11 is 0. The van der Waals surface area contributed by atoms with E-state index >= 15 is 0 Å². The normalized spacial score (nSPS) is 38.8. The predicted molar refractivity (Wildman–Crippen MR) is 51.0 cm³/mol. The molecule has 2 atom stereocenters. The minimum atomic E-state index is 0.705. The molecule has 2 aliphatic rings. The summed E-state index contributed by atoms with van der Waals surface area (Å²) < 4.78 is 0. The third-order valence-corrected chi connectivity index (χ3v) is 3.29. The largest absolute Gasteiger partial charge is 0.302 e. The van der Waals surface area contributed by atoms with Crippen LogP contribution in [0.25, 0.3) is 0 Å². The van der Waals surface area contributed by atoms with Gasteiger partial charge in [0.05, 0.1) is 6.17 Å². The van der Waals surface area contributed by atoms with Crippen LogP contribution in [0.4, 0.5) is 0 Å². The van der Waals surface area contributed by atoms with Crippen molar-refractivity contribution in [3.8, 4) is 0 Å². The van der Waals surface area contributed by atoms with E-state index < -0.39 is 0 Å². The molecule has 2 fully saturated rings. The van der Waals surface area contributed by atoms with Crippen molar-refractivity contribution in [2.24, 2.45) is 0 Å². The highest BCUT2D eigenvalue weighted by Gasteiger charge is 2.27. The number of nitrogens with one attached hydrogen (secondary N) is 1. The molecule has 12 heavy (non-hydrogen) atoms. The molecule has 0 aliphatic carbocycles. The van der Waals surface area contributed by atoms with Gasteiger partial charge in [0.15, 0.2) is 0 Å². The van der Waals surface area contributed by atoms with Crippen LogP contribution in [0.5, 0.6) is 0 Å². The van der Waals surface area contributed by atoms with Gasteiger partial charge in [-0.1, -0.05) is 12.8 Å². The fraction of sp³-hybridized carbons (Fsp3) is 1.00. The zero-order valence-electron chi connectivity index (χ0n) is 8.05. The van der Waals surface area contributed by atoms with Gasteiger partial charge in [-0.2, -0.15) is 0 Å². The SMILES string of the molecule is CC1CCCCC2NCCCN12. The smallest absolute Gasteiger partial charge is 0.0599 e. The van der Waals surface area contributed by atoms with Crippen molar-refractivity contribution in [3.05, 3.63) is 0 Å². The predicted octanol–water partition coefficient (Wildman–Crippen LogP) is 1.57. The van der Waals surface area contributed by atoms with Crippen LogP contribution in [-0.4, -0.2) is 30.2 Å². The zero-order chi connectivity index (χ0) is 8.39. The summed E-state index contributed by atoms with van der Waals surface area (Å²) in [4.78, 5) is 2.66. The van der Waals surface area contributed by atoms with Gasteiger partial charge in [-0.15, -0.1) is 0 Å². The Hall–Kier alpha value is -0.0800. The van der Waals surface area contributed by atoms with Gasteiger partial charge in [-0.05, 0) is 32.7 Å². The molecule has 1 N–H and O–H groups in total. The molecule has 0 aromatic heterocycles. The number of hydrogen-bond acceptors (Lipinski definition) is 2. The van der Waals surface area contributed by atoms with Gasteiger partial charge in [0, 0.05) is 12.6 Å². The average molecular weight is 168 g/mol. The molecule has 2 nitrogen and oxygen atoms in total. The fourth-order valence-corrected chi connectivity index (χ4v) is 2.54. The molecule has 2 heterocycles. The molecule has 0 aromatic rings. The third-order valence-electron chi connectivity index (χ3n) is 3.29. The summed E-state index contributed by atoms with van der Waals surface area (Å²) in [6, 6.07) is 0.810.